The van der Waals surface area contributed by atoms with Crippen LogP contribution < -0.4 is 19.9 Å². The lowest BCUT2D eigenvalue weighted by atomic mass is 10.2. The molecule has 1 aromatic heterocycles. The quantitative estimate of drug-likeness (QED) is 0.521. The summed E-state index contributed by atoms with van der Waals surface area (Å²) in [6, 6.07) is 17.2. The van der Waals surface area contributed by atoms with Gasteiger partial charge in [-0.2, -0.15) is 4.98 Å². The lowest BCUT2D eigenvalue weighted by molar-refractivity contribution is 0.223. The number of nitrogens with zero attached hydrogens (tertiary/aromatic N) is 5. The number of nitrogens with one attached hydrogen (secondary N) is 1. The first-order chi connectivity index (χ1) is 16.1. The van der Waals surface area contributed by atoms with Crippen molar-refractivity contribution in [3.05, 3.63) is 66.4 Å². The highest BCUT2D eigenvalue weighted by Gasteiger charge is 2.30. The average molecular weight is 447 g/mol. The number of para-hydroxylation sites is 1. The van der Waals surface area contributed by atoms with Gasteiger partial charge in [0, 0.05) is 36.7 Å². The number of hydrogen-bond acceptors (Lipinski definition) is 6. The topological polar surface area (TPSA) is 73.8 Å². The first-order valence-corrected chi connectivity index (χ1v) is 11.3. The Hall–Kier alpha value is -3.65. The number of ether oxygens (including phenoxy) is 1. The molecule has 33 heavy (non-hydrogen) atoms. The molecule has 3 aromatic rings. The number of urea groups is 1. The Bertz CT molecular complexity index is 1070. The molecule has 0 aliphatic carbocycles. The molecule has 2 heterocycles. The highest BCUT2D eigenvalue weighted by Crippen LogP contribution is 2.30. The summed E-state index contributed by atoms with van der Waals surface area (Å²) in [5, 5.41) is 3.21. The van der Waals surface area contributed by atoms with E-state index < -0.39 is 0 Å². The summed E-state index contributed by atoms with van der Waals surface area (Å²) in [4.78, 5) is 27.6. The Morgan fingerprint density at radius 1 is 1.06 bits per heavy atom. The molecule has 0 atom stereocenters. The lowest BCUT2D eigenvalue weighted by Gasteiger charge is -2.34. The second kappa shape index (κ2) is 10.3. The molecular formula is C25H30N6O2. The van der Waals surface area contributed by atoms with Crippen LogP contribution >= 0.6 is 0 Å². The third-order valence-electron chi connectivity index (χ3n) is 5.75. The van der Waals surface area contributed by atoms with E-state index in [1.54, 1.807) is 23.0 Å². The summed E-state index contributed by atoms with van der Waals surface area (Å²) in [5.74, 6) is 1.88. The van der Waals surface area contributed by atoms with E-state index in [0.717, 1.165) is 42.3 Å². The molecule has 1 aliphatic heterocycles. The maximum Gasteiger partial charge on any atom is 0.330 e. The maximum atomic E-state index is 12.9. The first kappa shape index (κ1) is 22.5. The zero-order valence-electron chi connectivity index (χ0n) is 19.4. The normalized spacial score (nSPS) is 13.3. The smallest absolute Gasteiger partial charge is 0.330 e. The molecule has 4 rings (SSSR count). The van der Waals surface area contributed by atoms with Crippen LogP contribution in [0.3, 0.4) is 0 Å². The molecule has 8 nitrogen and oxygen atoms in total. The van der Waals surface area contributed by atoms with Crippen molar-refractivity contribution in [2.75, 3.05) is 48.4 Å². The fourth-order valence-corrected chi connectivity index (χ4v) is 3.78. The summed E-state index contributed by atoms with van der Waals surface area (Å²) >= 11 is 0. The van der Waals surface area contributed by atoms with Crippen LogP contribution in [0.15, 0.2) is 60.8 Å². The van der Waals surface area contributed by atoms with Crippen LogP contribution in [-0.4, -0.2) is 54.2 Å². The Labute approximate surface area is 194 Å². The van der Waals surface area contributed by atoms with Crippen LogP contribution in [0.1, 0.15) is 19.4 Å². The number of carbonyl (C=O) groups excluding carboxylic acids is 1. The van der Waals surface area contributed by atoms with Crippen molar-refractivity contribution in [3.63, 3.8) is 0 Å². The minimum absolute atomic E-state index is 0.121. The molecule has 0 unspecified atom stereocenters. The standard InChI is InChI=1S/C25H30N6O2/c1-4-30(5-2)15-16-33-22-13-11-20(12-14-22)27-24-26-17-19-18-31(21-9-7-6-8-10-21)25(32)29(3)23(19)28-24/h6-14,17H,4-5,15-16,18H2,1-3H3,(H,26,27,28). The predicted molar refractivity (Wildman–Crippen MR) is 131 cm³/mol. The number of benzene rings is 2. The van der Waals surface area contributed by atoms with Gasteiger partial charge in [-0.3, -0.25) is 9.80 Å². The third kappa shape index (κ3) is 5.23. The highest BCUT2D eigenvalue weighted by molar-refractivity contribution is 6.05. The molecule has 0 radical (unpaired) electrons. The number of hydrogen-bond donors (Lipinski definition) is 1. The average Bonchev–Trinajstić information content (AvgIpc) is 2.86. The first-order valence-electron chi connectivity index (χ1n) is 11.3. The van der Waals surface area contributed by atoms with Crippen LogP contribution in [0.4, 0.5) is 27.9 Å². The van der Waals surface area contributed by atoms with Gasteiger partial charge in [0.15, 0.2) is 0 Å². The Morgan fingerprint density at radius 2 is 1.79 bits per heavy atom. The van der Waals surface area contributed by atoms with Crippen LogP contribution in [0.25, 0.3) is 0 Å². The van der Waals surface area contributed by atoms with Gasteiger partial charge in [0.2, 0.25) is 5.95 Å². The minimum Gasteiger partial charge on any atom is -0.492 e. The summed E-state index contributed by atoms with van der Waals surface area (Å²) in [6.45, 7) is 8.34. The molecule has 1 aliphatic rings. The number of aromatic nitrogens is 2. The van der Waals surface area contributed by atoms with Crippen molar-refractivity contribution < 1.29 is 9.53 Å². The summed E-state index contributed by atoms with van der Waals surface area (Å²) in [7, 11) is 1.73. The van der Waals surface area contributed by atoms with Gasteiger partial charge in [-0.15, -0.1) is 0 Å². The van der Waals surface area contributed by atoms with E-state index in [0.29, 0.717) is 24.9 Å². The molecule has 0 fully saturated rings. The number of fused-ring (bicyclic) bond motifs is 1. The van der Waals surface area contributed by atoms with Crippen molar-refractivity contribution in [2.45, 2.75) is 20.4 Å². The van der Waals surface area contributed by atoms with Crippen LogP contribution in [-0.2, 0) is 6.54 Å². The van der Waals surface area contributed by atoms with Gasteiger partial charge in [0.05, 0.1) is 6.54 Å². The Morgan fingerprint density at radius 3 is 2.48 bits per heavy atom. The summed E-state index contributed by atoms with van der Waals surface area (Å²) in [5.41, 5.74) is 2.59. The van der Waals surface area contributed by atoms with Crippen molar-refractivity contribution in [1.82, 2.24) is 14.9 Å². The molecule has 2 amide bonds. The van der Waals surface area contributed by atoms with E-state index in [1.165, 1.54) is 0 Å². The predicted octanol–water partition coefficient (Wildman–Crippen LogP) is 4.52. The van der Waals surface area contributed by atoms with E-state index in [9.17, 15) is 4.79 Å². The van der Waals surface area contributed by atoms with Crippen molar-refractivity contribution >= 4 is 29.2 Å². The van der Waals surface area contributed by atoms with Crippen LogP contribution in [0, 0.1) is 0 Å². The zero-order chi connectivity index (χ0) is 23.2. The molecule has 172 valence electrons. The fourth-order valence-electron chi connectivity index (χ4n) is 3.78. The van der Waals surface area contributed by atoms with E-state index >= 15 is 0 Å². The number of carbonyl (C=O) groups is 1. The maximum absolute atomic E-state index is 12.9. The SMILES string of the molecule is CCN(CC)CCOc1ccc(Nc2ncc3c(n2)N(C)C(=O)N(c2ccccc2)C3)cc1. The molecule has 0 spiro atoms. The second-order valence-electron chi connectivity index (χ2n) is 7.83. The summed E-state index contributed by atoms with van der Waals surface area (Å²) in [6.07, 6.45) is 1.77. The highest BCUT2D eigenvalue weighted by atomic mass is 16.5. The molecule has 0 saturated heterocycles. The number of rotatable bonds is 9. The number of amides is 2. The monoisotopic (exact) mass is 446 g/mol. The fraction of sp³-hybridized carbons (Fsp3) is 0.320. The second-order valence-corrected chi connectivity index (χ2v) is 7.83. The van der Waals surface area contributed by atoms with Crippen molar-refractivity contribution in [2.24, 2.45) is 0 Å². The van der Waals surface area contributed by atoms with Crippen LogP contribution in [0.5, 0.6) is 5.75 Å². The van der Waals surface area contributed by atoms with Gasteiger partial charge < -0.3 is 15.0 Å². The molecule has 8 heteroatoms. The van der Waals surface area contributed by atoms with Gasteiger partial charge >= 0.3 is 6.03 Å². The zero-order valence-corrected chi connectivity index (χ0v) is 19.4. The number of anilines is 4. The van der Waals surface area contributed by atoms with Crippen LogP contribution in [0.2, 0.25) is 0 Å². The Kier molecular flexibility index (Phi) is 7.04. The number of likely N-dealkylation sites (N-methyl/N-ethyl adjacent to an activating group) is 1. The van der Waals surface area contributed by atoms with Gasteiger partial charge in [0.1, 0.15) is 18.2 Å². The van der Waals surface area contributed by atoms with Gasteiger partial charge in [-0.05, 0) is 49.5 Å². The van der Waals surface area contributed by atoms with Crippen molar-refractivity contribution in [1.29, 1.82) is 0 Å². The van der Waals surface area contributed by atoms with E-state index in [4.69, 9.17) is 4.74 Å². The molecule has 1 N–H and O–H groups in total. The molecule has 0 bridgehead atoms. The molecule has 0 saturated carbocycles. The van der Waals surface area contributed by atoms with Crippen molar-refractivity contribution in [3.8, 4) is 5.75 Å². The molecular weight excluding hydrogens is 416 g/mol. The van der Waals surface area contributed by atoms with E-state index in [2.05, 4.69) is 34.0 Å². The van der Waals surface area contributed by atoms with E-state index in [-0.39, 0.29) is 6.03 Å². The third-order valence-corrected chi connectivity index (χ3v) is 5.75. The van der Waals surface area contributed by atoms with E-state index in [1.807, 2.05) is 54.6 Å². The van der Waals surface area contributed by atoms with Gasteiger partial charge in [-0.25, -0.2) is 9.78 Å². The lowest BCUT2D eigenvalue weighted by Crippen LogP contribution is -2.45. The molecule has 2 aromatic carbocycles. The summed E-state index contributed by atoms with van der Waals surface area (Å²) < 4.78 is 5.84. The van der Waals surface area contributed by atoms with Gasteiger partial charge in [0.25, 0.3) is 0 Å². The Balaban J connectivity index is 1.41. The largest absolute Gasteiger partial charge is 0.492 e. The minimum atomic E-state index is -0.121. The van der Waals surface area contributed by atoms with Gasteiger partial charge in [-0.1, -0.05) is 32.0 Å².